The quantitative estimate of drug-likeness (QED) is 0.407. The van der Waals surface area contributed by atoms with Gasteiger partial charge in [0.05, 0.1) is 11.4 Å². The molecule has 0 spiro atoms. The van der Waals surface area contributed by atoms with Gasteiger partial charge in [-0.1, -0.05) is 0 Å². The number of nitrogens with two attached hydrogens (primary N) is 2. The van der Waals surface area contributed by atoms with Gasteiger partial charge < -0.3 is 11.5 Å². The van der Waals surface area contributed by atoms with Gasteiger partial charge in [-0.05, 0) is 12.1 Å². The highest BCUT2D eigenvalue weighted by Crippen LogP contribution is 2.36. The number of aliphatic imine (C=N–C) groups is 2. The predicted octanol–water partition coefficient (Wildman–Crippen LogP) is 0.786. The lowest BCUT2D eigenvalue weighted by Gasteiger charge is -2.03. The Balaban J connectivity index is 3.47. The number of carbonyl (C=O) groups excluding carboxylic acids is 2. The topological polar surface area (TPSA) is 111 Å². The van der Waals surface area contributed by atoms with Crippen LogP contribution in [0.3, 0.4) is 0 Å². The van der Waals surface area contributed by atoms with Gasteiger partial charge in [0.25, 0.3) is 0 Å². The molecule has 0 aliphatic heterocycles. The van der Waals surface area contributed by atoms with E-state index in [-0.39, 0.29) is 22.7 Å². The second-order valence-corrected chi connectivity index (χ2v) is 2.34. The SMILES string of the molecule is Nc1ccc(N=C=O)c(N)c1N=C=O. The smallest absolute Gasteiger partial charge is 0.240 e. The molecule has 6 heteroatoms. The Morgan fingerprint density at radius 1 is 1.07 bits per heavy atom. The van der Waals surface area contributed by atoms with Crippen LogP contribution in [0.15, 0.2) is 22.1 Å². The number of isocyanates is 2. The van der Waals surface area contributed by atoms with Crippen molar-refractivity contribution in [2.45, 2.75) is 0 Å². The molecular weight excluding hydrogens is 184 g/mol. The summed E-state index contributed by atoms with van der Waals surface area (Å²) in [7, 11) is 0. The van der Waals surface area contributed by atoms with Crippen LogP contribution in [0.2, 0.25) is 0 Å². The minimum Gasteiger partial charge on any atom is -0.397 e. The van der Waals surface area contributed by atoms with Crippen molar-refractivity contribution in [3.05, 3.63) is 12.1 Å². The van der Waals surface area contributed by atoms with E-state index in [4.69, 9.17) is 11.5 Å². The Bertz CT molecular complexity index is 457. The zero-order valence-corrected chi connectivity index (χ0v) is 7.02. The molecule has 0 unspecified atom stereocenters. The fourth-order valence-corrected chi connectivity index (χ4v) is 0.931. The highest BCUT2D eigenvalue weighted by molar-refractivity contribution is 5.87. The van der Waals surface area contributed by atoms with Gasteiger partial charge in [-0.15, -0.1) is 0 Å². The molecule has 0 radical (unpaired) electrons. The molecule has 0 aliphatic rings. The van der Waals surface area contributed by atoms with Crippen LogP contribution in [0.4, 0.5) is 22.7 Å². The van der Waals surface area contributed by atoms with Crippen molar-refractivity contribution in [1.29, 1.82) is 0 Å². The highest BCUT2D eigenvalue weighted by atomic mass is 16.1. The molecule has 1 aromatic carbocycles. The molecule has 1 aromatic rings. The molecule has 14 heavy (non-hydrogen) atoms. The van der Waals surface area contributed by atoms with Crippen molar-refractivity contribution in [2.24, 2.45) is 9.98 Å². The predicted molar refractivity (Wildman–Crippen MR) is 50.8 cm³/mol. The van der Waals surface area contributed by atoms with Crippen molar-refractivity contribution in [1.82, 2.24) is 0 Å². The van der Waals surface area contributed by atoms with Crippen LogP contribution in [0, 0.1) is 0 Å². The van der Waals surface area contributed by atoms with Crippen LogP contribution < -0.4 is 11.5 Å². The monoisotopic (exact) mass is 190 g/mol. The molecule has 0 bridgehead atoms. The summed E-state index contributed by atoms with van der Waals surface area (Å²) in [6.45, 7) is 0. The Labute approximate surface area is 79.0 Å². The summed E-state index contributed by atoms with van der Waals surface area (Å²) in [5.41, 5.74) is 11.5. The molecule has 0 heterocycles. The van der Waals surface area contributed by atoms with Gasteiger partial charge in [0.1, 0.15) is 11.4 Å². The first kappa shape index (κ1) is 9.67. The maximum absolute atomic E-state index is 10.0. The van der Waals surface area contributed by atoms with Gasteiger partial charge in [-0.3, -0.25) is 0 Å². The molecule has 0 saturated carbocycles. The number of benzene rings is 1. The van der Waals surface area contributed by atoms with Gasteiger partial charge >= 0.3 is 0 Å². The summed E-state index contributed by atoms with van der Waals surface area (Å²) in [5, 5.41) is 0. The minimum absolute atomic E-state index is 0.0525. The van der Waals surface area contributed by atoms with E-state index in [1.54, 1.807) is 0 Å². The zero-order chi connectivity index (χ0) is 10.6. The lowest BCUT2D eigenvalue weighted by molar-refractivity contribution is 0.565. The molecule has 0 saturated heterocycles. The van der Waals surface area contributed by atoms with Gasteiger partial charge in [-0.2, -0.15) is 9.98 Å². The molecule has 0 aliphatic carbocycles. The third-order valence-corrected chi connectivity index (χ3v) is 1.55. The Hall–Kier alpha value is -2.42. The molecule has 70 valence electrons. The van der Waals surface area contributed by atoms with Crippen LogP contribution in [0.25, 0.3) is 0 Å². The Morgan fingerprint density at radius 2 is 1.71 bits per heavy atom. The lowest BCUT2D eigenvalue weighted by atomic mass is 10.2. The minimum atomic E-state index is 0.0525. The summed E-state index contributed by atoms with van der Waals surface area (Å²) in [6, 6.07) is 2.86. The second-order valence-electron chi connectivity index (χ2n) is 2.34. The molecular formula is C8H6N4O2. The van der Waals surface area contributed by atoms with Crippen LogP contribution >= 0.6 is 0 Å². The first-order chi connectivity index (χ1) is 6.70. The zero-order valence-electron chi connectivity index (χ0n) is 7.02. The summed E-state index contributed by atoms with van der Waals surface area (Å²) in [5.74, 6) is 0. The highest BCUT2D eigenvalue weighted by Gasteiger charge is 2.07. The fourth-order valence-electron chi connectivity index (χ4n) is 0.931. The van der Waals surface area contributed by atoms with E-state index < -0.39 is 0 Å². The number of nitrogens with zero attached hydrogens (tertiary/aromatic N) is 2. The molecule has 0 aromatic heterocycles. The van der Waals surface area contributed by atoms with Gasteiger partial charge in [-0.25, -0.2) is 9.59 Å². The third kappa shape index (κ3) is 1.67. The molecule has 0 fully saturated rings. The van der Waals surface area contributed by atoms with Crippen molar-refractivity contribution in [2.75, 3.05) is 11.5 Å². The van der Waals surface area contributed by atoms with E-state index in [1.807, 2.05) is 0 Å². The van der Waals surface area contributed by atoms with E-state index >= 15 is 0 Å². The van der Waals surface area contributed by atoms with Crippen LogP contribution in [0.1, 0.15) is 0 Å². The van der Waals surface area contributed by atoms with E-state index in [9.17, 15) is 9.59 Å². The standard InChI is InChI=1S/C8H6N4O2/c9-5-1-2-6(11-3-13)7(10)8(5)12-4-14/h1-2H,9-10H2. The van der Waals surface area contributed by atoms with Gasteiger partial charge in [0, 0.05) is 0 Å². The van der Waals surface area contributed by atoms with Gasteiger partial charge in [0.15, 0.2) is 0 Å². The molecule has 0 amide bonds. The lowest BCUT2D eigenvalue weighted by Crippen LogP contribution is -1.92. The summed E-state index contributed by atoms with van der Waals surface area (Å²) in [6.07, 6.45) is 2.64. The molecule has 6 nitrogen and oxygen atoms in total. The van der Waals surface area contributed by atoms with Gasteiger partial charge in [0.2, 0.25) is 12.2 Å². The number of hydrogen-bond donors (Lipinski definition) is 2. The molecule has 1 rings (SSSR count). The average Bonchev–Trinajstić information content (AvgIpc) is 2.17. The van der Waals surface area contributed by atoms with Crippen LogP contribution in [0.5, 0.6) is 0 Å². The summed E-state index contributed by atoms with van der Waals surface area (Å²) < 4.78 is 0. The molecule has 4 N–H and O–H groups in total. The Kier molecular flexibility index (Phi) is 2.76. The Morgan fingerprint density at radius 3 is 2.29 bits per heavy atom. The normalized spacial score (nSPS) is 8.57. The number of rotatable bonds is 2. The maximum Gasteiger partial charge on any atom is 0.240 e. The van der Waals surface area contributed by atoms with E-state index in [2.05, 4.69) is 9.98 Å². The van der Waals surface area contributed by atoms with Crippen molar-refractivity contribution in [3.63, 3.8) is 0 Å². The average molecular weight is 190 g/mol. The second kappa shape index (κ2) is 4.00. The molecule has 0 atom stereocenters. The van der Waals surface area contributed by atoms with Crippen LogP contribution in [-0.2, 0) is 9.59 Å². The van der Waals surface area contributed by atoms with E-state index in [1.165, 1.54) is 24.3 Å². The summed E-state index contributed by atoms with van der Waals surface area (Å²) in [4.78, 5) is 26.6. The van der Waals surface area contributed by atoms with E-state index in [0.717, 1.165) is 0 Å². The van der Waals surface area contributed by atoms with Crippen molar-refractivity contribution < 1.29 is 9.59 Å². The fraction of sp³-hybridized carbons (Fsp3) is 0. The number of anilines is 2. The van der Waals surface area contributed by atoms with Crippen molar-refractivity contribution in [3.8, 4) is 0 Å². The number of hydrogen-bond acceptors (Lipinski definition) is 6. The summed E-state index contributed by atoms with van der Waals surface area (Å²) >= 11 is 0. The first-order valence-electron chi connectivity index (χ1n) is 3.54. The van der Waals surface area contributed by atoms with Crippen molar-refractivity contribution >= 4 is 34.9 Å². The first-order valence-corrected chi connectivity index (χ1v) is 3.54. The largest absolute Gasteiger partial charge is 0.397 e. The van der Waals surface area contributed by atoms with E-state index in [0.29, 0.717) is 0 Å². The number of nitrogen functional groups attached to an aromatic ring is 2. The van der Waals surface area contributed by atoms with Crippen LogP contribution in [-0.4, -0.2) is 12.2 Å². The third-order valence-electron chi connectivity index (χ3n) is 1.55. The maximum atomic E-state index is 10.0.